The molecule has 0 aliphatic carbocycles. The Balaban J connectivity index is 2.41. The van der Waals surface area contributed by atoms with Crippen molar-refractivity contribution in [3.63, 3.8) is 0 Å². The molecule has 1 aromatic rings. The average molecular weight is 277 g/mol. The van der Waals surface area contributed by atoms with Crippen molar-refractivity contribution in [3.8, 4) is 0 Å². The number of hydrogen-bond acceptors (Lipinski definition) is 5. The highest BCUT2D eigenvalue weighted by molar-refractivity contribution is 9.10. The lowest BCUT2D eigenvalue weighted by atomic mass is 10.4. The number of unbranched alkanes of at least 4 members (excludes halogenated alkanes) is 1. The van der Waals surface area contributed by atoms with Crippen molar-refractivity contribution in [1.82, 2.24) is 14.8 Å². The minimum atomic E-state index is -0.339. The molecule has 0 saturated heterocycles. The van der Waals surface area contributed by atoms with Gasteiger partial charge in [-0.05, 0) is 22.4 Å². The number of nitrogen functional groups attached to an aromatic ring is 1. The smallest absolute Gasteiger partial charge is 0.327 e. The van der Waals surface area contributed by atoms with Crippen LogP contribution in [0.4, 0.5) is 5.95 Å². The fourth-order valence-electron chi connectivity index (χ4n) is 0.938. The van der Waals surface area contributed by atoms with Crippen molar-refractivity contribution in [2.75, 3.05) is 12.3 Å². The molecule has 0 aromatic carbocycles. The second-order valence-electron chi connectivity index (χ2n) is 2.97. The van der Waals surface area contributed by atoms with E-state index in [0.29, 0.717) is 11.3 Å². The van der Waals surface area contributed by atoms with Gasteiger partial charge in [0.05, 0.1) is 6.61 Å². The molecule has 1 heterocycles. The molecule has 0 aliphatic heterocycles. The number of carbonyl (C=O) groups excluding carboxylic acids is 1. The van der Waals surface area contributed by atoms with Crippen LogP contribution in [0.5, 0.6) is 0 Å². The van der Waals surface area contributed by atoms with Gasteiger partial charge in [-0.25, -0.2) is 4.68 Å². The van der Waals surface area contributed by atoms with Gasteiger partial charge in [-0.2, -0.15) is 4.98 Å². The van der Waals surface area contributed by atoms with Crippen LogP contribution in [0, 0.1) is 0 Å². The van der Waals surface area contributed by atoms with Gasteiger partial charge in [0.2, 0.25) is 5.95 Å². The van der Waals surface area contributed by atoms with Crippen LogP contribution >= 0.6 is 15.9 Å². The quantitative estimate of drug-likeness (QED) is 0.640. The van der Waals surface area contributed by atoms with Gasteiger partial charge in [0.25, 0.3) is 0 Å². The van der Waals surface area contributed by atoms with E-state index in [0.717, 1.165) is 12.8 Å². The van der Waals surface area contributed by atoms with Gasteiger partial charge in [0.15, 0.2) is 4.73 Å². The molecule has 0 aliphatic rings. The molecule has 0 radical (unpaired) electrons. The van der Waals surface area contributed by atoms with E-state index in [4.69, 9.17) is 10.5 Å². The molecule has 0 saturated carbocycles. The Hall–Kier alpha value is -1.11. The number of nitrogens with zero attached hydrogens (tertiary/aromatic N) is 3. The first-order valence-electron chi connectivity index (χ1n) is 4.65. The first-order valence-corrected chi connectivity index (χ1v) is 5.44. The summed E-state index contributed by atoms with van der Waals surface area (Å²) < 4.78 is 6.74. The summed E-state index contributed by atoms with van der Waals surface area (Å²) in [6.45, 7) is 2.49. The summed E-state index contributed by atoms with van der Waals surface area (Å²) in [5.41, 5.74) is 5.35. The van der Waals surface area contributed by atoms with Gasteiger partial charge in [0.1, 0.15) is 6.54 Å². The van der Waals surface area contributed by atoms with Gasteiger partial charge in [-0.3, -0.25) is 4.79 Å². The maximum atomic E-state index is 11.3. The Morgan fingerprint density at radius 2 is 2.40 bits per heavy atom. The monoisotopic (exact) mass is 276 g/mol. The summed E-state index contributed by atoms with van der Waals surface area (Å²) in [4.78, 5) is 15.1. The molecule has 2 N–H and O–H groups in total. The van der Waals surface area contributed by atoms with Gasteiger partial charge in [-0.15, -0.1) is 5.10 Å². The molecular weight excluding hydrogens is 264 g/mol. The zero-order valence-electron chi connectivity index (χ0n) is 8.44. The number of aromatic nitrogens is 3. The van der Waals surface area contributed by atoms with E-state index in [2.05, 4.69) is 26.0 Å². The van der Waals surface area contributed by atoms with Crippen molar-refractivity contribution in [1.29, 1.82) is 0 Å². The average Bonchev–Trinajstić information content (AvgIpc) is 2.45. The van der Waals surface area contributed by atoms with E-state index in [-0.39, 0.29) is 18.5 Å². The third kappa shape index (κ3) is 3.86. The normalized spacial score (nSPS) is 10.3. The van der Waals surface area contributed by atoms with E-state index in [1.165, 1.54) is 4.68 Å². The molecule has 0 spiro atoms. The SMILES string of the molecule is CCCCOC(=O)Cn1nc(N)nc1Br. The molecule has 15 heavy (non-hydrogen) atoms. The predicted molar refractivity (Wildman–Crippen MR) is 58.0 cm³/mol. The lowest BCUT2D eigenvalue weighted by Crippen LogP contribution is -2.15. The molecule has 1 rings (SSSR count). The third-order valence-corrected chi connectivity index (χ3v) is 2.27. The number of nitrogens with two attached hydrogens (primary N) is 1. The van der Waals surface area contributed by atoms with Crippen molar-refractivity contribution < 1.29 is 9.53 Å². The van der Waals surface area contributed by atoms with Crippen LogP contribution in [0.25, 0.3) is 0 Å². The lowest BCUT2D eigenvalue weighted by molar-refractivity contribution is -0.144. The number of ether oxygens (including phenoxy) is 1. The maximum absolute atomic E-state index is 11.3. The first kappa shape index (κ1) is 12.0. The molecular formula is C8H13BrN4O2. The van der Waals surface area contributed by atoms with Crippen molar-refractivity contribution in [2.24, 2.45) is 0 Å². The number of anilines is 1. The van der Waals surface area contributed by atoms with E-state index in [1.807, 2.05) is 6.92 Å². The standard InChI is InChI=1S/C8H13BrN4O2/c1-2-3-4-15-6(14)5-13-7(9)11-8(10)12-13/h2-5H2,1H3,(H2,10,12). The van der Waals surface area contributed by atoms with E-state index < -0.39 is 0 Å². The first-order chi connectivity index (χ1) is 7.13. The summed E-state index contributed by atoms with van der Waals surface area (Å²) in [7, 11) is 0. The second-order valence-corrected chi connectivity index (χ2v) is 3.68. The van der Waals surface area contributed by atoms with Crippen LogP contribution in [-0.4, -0.2) is 27.3 Å². The lowest BCUT2D eigenvalue weighted by Gasteiger charge is -2.03. The number of halogens is 1. The Morgan fingerprint density at radius 1 is 1.67 bits per heavy atom. The molecule has 7 heteroatoms. The highest BCUT2D eigenvalue weighted by Crippen LogP contribution is 2.07. The highest BCUT2D eigenvalue weighted by atomic mass is 79.9. The van der Waals surface area contributed by atoms with Crippen LogP contribution in [-0.2, 0) is 16.1 Å². The fraction of sp³-hybridized carbons (Fsp3) is 0.625. The summed E-state index contributed by atoms with van der Waals surface area (Å²) in [6.07, 6.45) is 1.86. The number of esters is 1. The fourth-order valence-corrected chi connectivity index (χ4v) is 1.32. The molecule has 0 amide bonds. The van der Waals surface area contributed by atoms with Crippen LogP contribution < -0.4 is 5.73 Å². The summed E-state index contributed by atoms with van der Waals surface area (Å²) in [6, 6.07) is 0. The predicted octanol–water partition coefficient (Wildman–Crippen LogP) is 0.966. The maximum Gasteiger partial charge on any atom is 0.327 e. The van der Waals surface area contributed by atoms with Gasteiger partial charge in [-0.1, -0.05) is 13.3 Å². The van der Waals surface area contributed by atoms with Crippen molar-refractivity contribution >= 4 is 27.8 Å². The van der Waals surface area contributed by atoms with Gasteiger partial charge < -0.3 is 10.5 Å². The topological polar surface area (TPSA) is 83.0 Å². The minimum Gasteiger partial charge on any atom is -0.464 e. The Bertz CT molecular complexity index is 339. The summed E-state index contributed by atoms with van der Waals surface area (Å²) in [5.74, 6) is -0.211. The zero-order valence-corrected chi connectivity index (χ0v) is 10.0. The number of hydrogen-bond donors (Lipinski definition) is 1. The molecule has 0 unspecified atom stereocenters. The van der Waals surface area contributed by atoms with Crippen LogP contribution in [0.2, 0.25) is 0 Å². The third-order valence-electron chi connectivity index (χ3n) is 1.68. The van der Waals surface area contributed by atoms with Crippen molar-refractivity contribution in [2.45, 2.75) is 26.3 Å². The molecule has 0 atom stereocenters. The number of carbonyl (C=O) groups is 1. The largest absolute Gasteiger partial charge is 0.464 e. The molecule has 0 bridgehead atoms. The van der Waals surface area contributed by atoms with E-state index >= 15 is 0 Å². The molecule has 6 nitrogen and oxygen atoms in total. The van der Waals surface area contributed by atoms with Gasteiger partial charge in [0, 0.05) is 0 Å². The molecule has 1 aromatic heterocycles. The Morgan fingerprint density at radius 3 is 2.93 bits per heavy atom. The minimum absolute atomic E-state index is 0.0223. The van der Waals surface area contributed by atoms with E-state index in [1.54, 1.807) is 0 Å². The molecule has 84 valence electrons. The van der Waals surface area contributed by atoms with E-state index in [9.17, 15) is 4.79 Å². The Kier molecular flexibility index (Phi) is 4.54. The van der Waals surface area contributed by atoms with Gasteiger partial charge >= 0.3 is 5.97 Å². The second kappa shape index (κ2) is 5.69. The molecule has 0 fully saturated rings. The van der Waals surface area contributed by atoms with Crippen LogP contribution in [0.1, 0.15) is 19.8 Å². The highest BCUT2D eigenvalue weighted by Gasteiger charge is 2.09. The zero-order chi connectivity index (χ0) is 11.3. The summed E-state index contributed by atoms with van der Waals surface area (Å²) >= 11 is 3.13. The Labute approximate surface area is 95.9 Å². The number of rotatable bonds is 5. The van der Waals surface area contributed by atoms with Crippen LogP contribution in [0.15, 0.2) is 4.73 Å². The summed E-state index contributed by atoms with van der Waals surface area (Å²) in [5, 5.41) is 3.81. The van der Waals surface area contributed by atoms with Crippen molar-refractivity contribution in [3.05, 3.63) is 4.73 Å². The van der Waals surface area contributed by atoms with Crippen LogP contribution in [0.3, 0.4) is 0 Å².